The number of carbonyl (C=O) groups is 3. The second-order valence-electron chi connectivity index (χ2n) is 8.30. The molecule has 1 heterocycles. The molecule has 0 spiro atoms. The molecule has 1 aliphatic heterocycles. The molecule has 10 nitrogen and oxygen atoms in total. The molecule has 3 rings (SSSR count). The minimum Gasteiger partial charge on any atom is -0.385 e. The van der Waals surface area contributed by atoms with E-state index < -0.39 is 23.8 Å². The average Bonchev–Trinajstić information content (AvgIpc) is 2.91. The Bertz CT molecular complexity index is 974. The Morgan fingerprint density at radius 1 is 1.00 bits per heavy atom. The Labute approximate surface area is 205 Å². The molecule has 0 radical (unpaired) electrons. The molecule has 188 valence electrons. The number of hydroxylamine groups is 1. The van der Waals surface area contributed by atoms with E-state index in [0.29, 0.717) is 5.56 Å². The molecule has 1 unspecified atom stereocenters. The Morgan fingerprint density at radius 2 is 1.60 bits per heavy atom. The predicted octanol–water partition coefficient (Wildman–Crippen LogP) is 1.18. The number of carbonyl (C=O) groups excluding carboxylic acids is 3. The van der Waals surface area contributed by atoms with Gasteiger partial charge in [0.25, 0.3) is 17.7 Å². The van der Waals surface area contributed by atoms with Gasteiger partial charge in [0.2, 0.25) is 0 Å². The standard InChI is InChI=1S/C25H33N5O5/c1-26-23(31)22(24(32)28-34)29(2)25(33)20-6-4-18(5-7-20)19-8-10-21(11-9-19)27-12-3-13-30-14-16-35-17-15-30/h4-11,22,27,34H,3,12-17H2,1-2H3,(H,26,31)(H,28,32). The quantitative estimate of drug-likeness (QED) is 0.173. The summed E-state index contributed by atoms with van der Waals surface area (Å²) >= 11 is 0. The molecule has 0 saturated carbocycles. The van der Waals surface area contributed by atoms with Gasteiger partial charge >= 0.3 is 0 Å². The van der Waals surface area contributed by atoms with Crippen LogP contribution in [0.3, 0.4) is 0 Å². The van der Waals surface area contributed by atoms with Gasteiger partial charge in [0.05, 0.1) is 13.2 Å². The largest absolute Gasteiger partial charge is 0.385 e. The molecule has 1 saturated heterocycles. The fourth-order valence-electron chi connectivity index (χ4n) is 3.94. The zero-order chi connectivity index (χ0) is 25.2. The number of hydrogen-bond acceptors (Lipinski definition) is 7. The number of rotatable bonds is 10. The van der Waals surface area contributed by atoms with Crippen LogP contribution in [0.5, 0.6) is 0 Å². The van der Waals surface area contributed by atoms with Crippen LogP contribution in [0.25, 0.3) is 11.1 Å². The van der Waals surface area contributed by atoms with Crippen molar-refractivity contribution in [3.63, 3.8) is 0 Å². The molecule has 0 aromatic heterocycles. The van der Waals surface area contributed by atoms with E-state index in [-0.39, 0.29) is 0 Å². The molecule has 2 aromatic rings. The highest BCUT2D eigenvalue weighted by Gasteiger charge is 2.33. The average molecular weight is 484 g/mol. The summed E-state index contributed by atoms with van der Waals surface area (Å²) in [5.74, 6) is -2.23. The van der Waals surface area contributed by atoms with Crippen LogP contribution in [0.4, 0.5) is 5.69 Å². The lowest BCUT2D eigenvalue weighted by atomic mass is 10.0. The number of ether oxygens (including phenoxy) is 1. The molecule has 3 amide bonds. The second-order valence-corrected chi connectivity index (χ2v) is 8.30. The summed E-state index contributed by atoms with van der Waals surface area (Å²) < 4.78 is 5.37. The van der Waals surface area contributed by atoms with Gasteiger partial charge in [0.15, 0.2) is 6.04 Å². The van der Waals surface area contributed by atoms with Crippen LogP contribution >= 0.6 is 0 Å². The van der Waals surface area contributed by atoms with Crippen LogP contribution in [0.15, 0.2) is 48.5 Å². The highest BCUT2D eigenvalue weighted by molar-refractivity contribution is 6.08. The lowest BCUT2D eigenvalue weighted by Gasteiger charge is -2.26. The minimum atomic E-state index is -1.49. The van der Waals surface area contributed by atoms with Crippen LogP contribution in [0.1, 0.15) is 16.8 Å². The summed E-state index contributed by atoms with van der Waals surface area (Å²) in [5.41, 5.74) is 4.72. The van der Waals surface area contributed by atoms with Gasteiger partial charge < -0.3 is 20.3 Å². The summed E-state index contributed by atoms with van der Waals surface area (Å²) in [6.07, 6.45) is 1.06. The van der Waals surface area contributed by atoms with Crippen molar-refractivity contribution in [2.24, 2.45) is 0 Å². The maximum absolute atomic E-state index is 12.8. The second kappa shape index (κ2) is 12.8. The number of amides is 3. The summed E-state index contributed by atoms with van der Waals surface area (Å²) in [5, 5.41) is 14.7. The number of nitrogens with zero attached hydrogens (tertiary/aromatic N) is 2. The van der Waals surface area contributed by atoms with Crippen LogP contribution in [0, 0.1) is 0 Å². The Hall–Kier alpha value is -3.47. The monoisotopic (exact) mass is 483 g/mol. The van der Waals surface area contributed by atoms with Crippen molar-refractivity contribution < 1.29 is 24.3 Å². The van der Waals surface area contributed by atoms with Crippen molar-refractivity contribution >= 4 is 23.4 Å². The molecule has 1 atom stereocenters. The van der Waals surface area contributed by atoms with Gasteiger partial charge in [-0.3, -0.25) is 24.5 Å². The van der Waals surface area contributed by atoms with Crippen molar-refractivity contribution in [2.75, 3.05) is 58.8 Å². The van der Waals surface area contributed by atoms with Gasteiger partial charge in [-0.25, -0.2) is 5.48 Å². The maximum Gasteiger partial charge on any atom is 0.275 e. The van der Waals surface area contributed by atoms with Gasteiger partial charge in [-0.2, -0.15) is 0 Å². The van der Waals surface area contributed by atoms with Crippen LogP contribution in [-0.2, 0) is 14.3 Å². The molecule has 4 N–H and O–H groups in total. The molecule has 0 bridgehead atoms. The van der Waals surface area contributed by atoms with Crippen LogP contribution in [0.2, 0.25) is 0 Å². The number of likely N-dealkylation sites (N-methyl/N-ethyl adjacent to an activating group) is 2. The third-order valence-corrected chi connectivity index (χ3v) is 5.99. The van der Waals surface area contributed by atoms with Crippen LogP contribution in [-0.4, -0.2) is 92.3 Å². The van der Waals surface area contributed by atoms with Crippen molar-refractivity contribution in [1.29, 1.82) is 0 Å². The minimum absolute atomic E-state index is 0.314. The number of morpholine rings is 1. The summed E-state index contributed by atoms with van der Waals surface area (Å²) in [7, 11) is 2.68. The number of nitrogens with one attached hydrogen (secondary N) is 3. The summed E-state index contributed by atoms with van der Waals surface area (Å²) in [4.78, 5) is 40.1. The molecule has 1 aliphatic rings. The SMILES string of the molecule is CNC(=O)C(C(=O)NO)N(C)C(=O)c1ccc(-c2ccc(NCCCN3CCOCC3)cc2)cc1. The van der Waals surface area contributed by atoms with E-state index in [4.69, 9.17) is 9.94 Å². The fraction of sp³-hybridized carbons (Fsp3) is 0.400. The maximum atomic E-state index is 12.8. The molecule has 2 aromatic carbocycles. The summed E-state index contributed by atoms with van der Waals surface area (Å²) in [6.45, 7) is 5.59. The van der Waals surface area contributed by atoms with E-state index in [9.17, 15) is 14.4 Å². The predicted molar refractivity (Wildman–Crippen MR) is 132 cm³/mol. The first-order chi connectivity index (χ1) is 16.9. The van der Waals surface area contributed by atoms with Crippen molar-refractivity contribution in [3.8, 4) is 11.1 Å². The van der Waals surface area contributed by atoms with Crippen molar-refractivity contribution in [3.05, 3.63) is 54.1 Å². The first kappa shape index (κ1) is 26.1. The first-order valence-electron chi connectivity index (χ1n) is 11.6. The smallest absolute Gasteiger partial charge is 0.275 e. The Kier molecular flexibility index (Phi) is 9.59. The van der Waals surface area contributed by atoms with E-state index in [1.54, 1.807) is 12.1 Å². The molecule has 0 aliphatic carbocycles. The number of benzene rings is 2. The normalized spacial score (nSPS) is 14.6. The molecule has 35 heavy (non-hydrogen) atoms. The third kappa shape index (κ3) is 7.01. The van der Waals surface area contributed by atoms with E-state index in [0.717, 1.165) is 67.5 Å². The van der Waals surface area contributed by atoms with E-state index >= 15 is 0 Å². The molecule has 1 fully saturated rings. The lowest BCUT2D eigenvalue weighted by Crippen LogP contribution is -2.54. The zero-order valence-corrected chi connectivity index (χ0v) is 20.1. The number of anilines is 1. The Balaban J connectivity index is 1.56. The van der Waals surface area contributed by atoms with Crippen LogP contribution < -0.4 is 16.1 Å². The van der Waals surface area contributed by atoms with Crippen molar-refractivity contribution in [1.82, 2.24) is 20.6 Å². The van der Waals surface area contributed by atoms with Gasteiger partial charge in [0, 0.05) is 45.0 Å². The number of hydrogen-bond donors (Lipinski definition) is 4. The Morgan fingerprint density at radius 3 is 2.17 bits per heavy atom. The zero-order valence-electron chi connectivity index (χ0n) is 20.1. The molecular weight excluding hydrogens is 450 g/mol. The first-order valence-corrected chi connectivity index (χ1v) is 11.6. The topological polar surface area (TPSA) is 123 Å². The lowest BCUT2D eigenvalue weighted by molar-refractivity contribution is -0.140. The fourth-order valence-corrected chi connectivity index (χ4v) is 3.94. The summed E-state index contributed by atoms with van der Waals surface area (Å²) in [6, 6.07) is 13.5. The van der Waals surface area contributed by atoms with Gasteiger partial charge in [0.1, 0.15) is 0 Å². The van der Waals surface area contributed by atoms with Gasteiger partial charge in [-0.1, -0.05) is 24.3 Å². The van der Waals surface area contributed by atoms with Crippen molar-refractivity contribution in [2.45, 2.75) is 12.5 Å². The van der Waals surface area contributed by atoms with E-state index in [2.05, 4.69) is 15.5 Å². The van der Waals surface area contributed by atoms with E-state index in [1.165, 1.54) is 19.6 Å². The highest BCUT2D eigenvalue weighted by atomic mass is 16.5. The van der Waals surface area contributed by atoms with E-state index in [1.807, 2.05) is 36.4 Å². The van der Waals surface area contributed by atoms with Gasteiger partial charge in [-0.15, -0.1) is 0 Å². The molecular formula is C25H33N5O5. The highest BCUT2D eigenvalue weighted by Crippen LogP contribution is 2.22. The molecule has 10 heteroatoms. The third-order valence-electron chi connectivity index (χ3n) is 5.99. The van der Waals surface area contributed by atoms with Gasteiger partial charge in [-0.05, 0) is 48.4 Å².